The van der Waals surface area contributed by atoms with Crippen LogP contribution in [0, 0.1) is 11.3 Å². The molecule has 0 radical (unpaired) electrons. The number of para-hydroxylation sites is 1. The van der Waals surface area contributed by atoms with Crippen LogP contribution in [-0.4, -0.2) is 60.9 Å². The molecule has 2 heterocycles. The zero-order chi connectivity index (χ0) is 21.3. The number of carbonyl (C=O) groups excluding carboxylic acids is 2. The molecule has 1 saturated heterocycles. The van der Waals surface area contributed by atoms with Crippen molar-refractivity contribution in [2.45, 2.75) is 20.0 Å². The molecule has 1 aromatic carbocycles. The molecule has 0 saturated carbocycles. The smallest absolute Gasteiger partial charge is 0.289 e. The summed E-state index contributed by atoms with van der Waals surface area (Å²) in [5.74, 6) is 1.09. The number of nitriles is 1. The summed E-state index contributed by atoms with van der Waals surface area (Å²) in [5, 5.41) is 12.0. The lowest BCUT2D eigenvalue weighted by Gasteiger charge is -2.33. The first kappa shape index (κ1) is 21.4. The fourth-order valence-electron chi connectivity index (χ4n) is 3.19. The van der Waals surface area contributed by atoms with Crippen LogP contribution in [0.1, 0.15) is 35.2 Å². The lowest BCUT2D eigenvalue weighted by Crippen LogP contribution is -2.51. The number of piperazine rings is 1. The van der Waals surface area contributed by atoms with Gasteiger partial charge in [-0.25, -0.2) is 0 Å². The number of nitrogens with zero attached hydrogens (tertiary/aromatic N) is 3. The van der Waals surface area contributed by atoms with Crippen molar-refractivity contribution in [1.82, 2.24) is 15.1 Å². The second-order valence-electron chi connectivity index (χ2n) is 7.08. The van der Waals surface area contributed by atoms with Crippen molar-refractivity contribution in [2.24, 2.45) is 0 Å². The Bertz CT molecular complexity index is 910. The first-order valence-corrected chi connectivity index (χ1v) is 10.1. The van der Waals surface area contributed by atoms with E-state index in [9.17, 15) is 9.59 Å². The summed E-state index contributed by atoms with van der Waals surface area (Å²) in [7, 11) is 0. The topological polar surface area (TPSA) is 98.8 Å². The number of ether oxygens (including phenoxy) is 1. The van der Waals surface area contributed by atoms with E-state index in [-0.39, 0.29) is 24.2 Å². The maximum atomic E-state index is 12.7. The Morgan fingerprint density at radius 2 is 1.93 bits per heavy atom. The summed E-state index contributed by atoms with van der Waals surface area (Å²) < 4.78 is 11.3. The van der Waals surface area contributed by atoms with Gasteiger partial charge in [-0.2, -0.15) is 5.26 Å². The number of nitrogens with one attached hydrogen (secondary N) is 1. The Morgan fingerprint density at radius 3 is 2.67 bits per heavy atom. The summed E-state index contributed by atoms with van der Waals surface area (Å²) in [6.07, 6.45) is 0.912. The van der Waals surface area contributed by atoms with E-state index < -0.39 is 0 Å². The number of rotatable bonds is 8. The van der Waals surface area contributed by atoms with E-state index in [4.69, 9.17) is 14.4 Å². The van der Waals surface area contributed by atoms with Crippen molar-refractivity contribution in [1.29, 1.82) is 5.26 Å². The van der Waals surface area contributed by atoms with E-state index >= 15 is 0 Å². The number of hydrogen-bond donors (Lipinski definition) is 1. The Labute approximate surface area is 176 Å². The van der Waals surface area contributed by atoms with Crippen molar-refractivity contribution < 1.29 is 18.7 Å². The fraction of sp³-hybridized carbons (Fsp3) is 0.409. The monoisotopic (exact) mass is 410 g/mol. The van der Waals surface area contributed by atoms with E-state index in [1.807, 2.05) is 11.8 Å². The SMILES string of the molecule is CCCNC(=O)CN1CCN(C(=O)c2ccc(COc3ccccc3C#N)o2)CC1. The molecule has 30 heavy (non-hydrogen) atoms. The molecule has 1 aromatic heterocycles. The number of carbonyl (C=O) groups is 2. The average Bonchev–Trinajstić information content (AvgIpc) is 3.25. The highest BCUT2D eigenvalue weighted by Gasteiger charge is 2.25. The van der Waals surface area contributed by atoms with E-state index in [2.05, 4.69) is 11.4 Å². The minimum absolute atomic E-state index is 0.0188. The van der Waals surface area contributed by atoms with E-state index in [0.717, 1.165) is 6.42 Å². The molecule has 8 nitrogen and oxygen atoms in total. The summed E-state index contributed by atoms with van der Waals surface area (Å²) in [6, 6.07) is 12.4. The van der Waals surface area contributed by atoms with Crippen LogP contribution in [0.4, 0.5) is 0 Å². The second-order valence-corrected chi connectivity index (χ2v) is 7.08. The van der Waals surface area contributed by atoms with Gasteiger partial charge in [-0.1, -0.05) is 19.1 Å². The van der Waals surface area contributed by atoms with Gasteiger partial charge in [0.05, 0.1) is 12.1 Å². The van der Waals surface area contributed by atoms with Gasteiger partial charge >= 0.3 is 0 Å². The van der Waals surface area contributed by atoms with E-state index in [0.29, 0.717) is 56.3 Å². The molecule has 0 atom stereocenters. The molecule has 2 aromatic rings. The van der Waals surface area contributed by atoms with Gasteiger partial charge in [0.2, 0.25) is 5.91 Å². The highest BCUT2D eigenvalue weighted by molar-refractivity contribution is 5.91. The Kier molecular flexibility index (Phi) is 7.46. The summed E-state index contributed by atoms with van der Waals surface area (Å²) in [6.45, 7) is 5.57. The predicted molar refractivity (Wildman–Crippen MR) is 110 cm³/mol. The molecule has 1 aliphatic rings. The molecular formula is C22H26N4O4. The zero-order valence-electron chi connectivity index (χ0n) is 17.1. The van der Waals surface area contributed by atoms with Crippen LogP contribution in [-0.2, 0) is 11.4 Å². The van der Waals surface area contributed by atoms with Crippen molar-refractivity contribution in [3.05, 3.63) is 53.5 Å². The minimum atomic E-state index is -0.172. The van der Waals surface area contributed by atoms with Gasteiger partial charge in [-0.05, 0) is 30.7 Å². The van der Waals surface area contributed by atoms with Crippen molar-refractivity contribution in [2.75, 3.05) is 39.3 Å². The van der Waals surface area contributed by atoms with Gasteiger partial charge in [0, 0.05) is 32.7 Å². The number of hydrogen-bond acceptors (Lipinski definition) is 6. The van der Waals surface area contributed by atoms with E-state index in [1.54, 1.807) is 41.3 Å². The van der Waals surface area contributed by atoms with Crippen molar-refractivity contribution in [3.63, 3.8) is 0 Å². The van der Waals surface area contributed by atoms with Crippen LogP contribution in [0.25, 0.3) is 0 Å². The molecule has 1 N–H and O–H groups in total. The van der Waals surface area contributed by atoms with Gasteiger partial charge in [0.25, 0.3) is 5.91 Å². The number of benzene rings is 1. The lowest BCUT2D eigenvalue weighted by atomic mass is 10.2. The molecule has 158 valence electrons. The van der Waals surface area contributed by atoms with Crippen LogP contribution in [0.2, 0.25) is 0 Å². The van der Waals surface area contributed by atoms with Crippen LogP contribution in [0.5, 0.6) is 5.75 Å². The van der Waals surface area contributed by atoms with Crippen LogP contribution in [0.15, 0.2) is 40.8 Å². The summed E-state index contributed by atoms with van der Waals surface area (Å²) in [5.41, 5.74) is 0.446. The quantitative estimate of drug-likeness (QED) is 0.715. The standard InChI is InChI=1S/C22H26N4O4/c1-2-9-24-21(27)15-25-10-12-26(13-11-25)22(28)20-8-7-18(30-20)16-29-19-6-4-3-5-17(19)14-23/h3-8H,2,9-13,15-16H2,1H3,(H,24,27). The highest BCUT2D eigenvalue weighted by atomic mass is 16.5. The normalized spacial score (nSPS) is 14.2. The third-order valence-electron chi connectivity index (χ3n) is 4.85. The number of amides is 2. The molecule has 0 aliphatic carbocycles. The molecule has 1 fully saturated rings. The molecule has 0 spiro atoms. The highest BCUT2D eigenvalue weighted by Crippen LogP contribution is 2.19. The maximum Gasteiger partial charge on any atom is 0.289 e. The first-order valence-electron chi connectivity index (χ1n) is 10.1. The molecule has 3 rings (SSSR count). The average molecular weight is 410 g/mol. The zero-order valence-corrected chi connectivity index (χ0v) is 17.1. The minimum Gasteiger partial charge on any atom is -0.484 e. The van der Waals surface area contributed by atoms with Crippen LogP contribution >= 0.6 is 0 Å². The Hall–Kier alpha value is -3.31. The maximum absolute atomic E-state index is 12.7. The second kappa shape index (κ2) is 10.5. The largest absolute Gasteiger partial charge is 0.484 e. The van der Waals surface area contributed by atoms with Gasteiger partial charge in [0.15, 0.2) is 5.76 Å². The Morgan fingerprint density at radius 1 is 1.17 bits per heavy atom. The molecule has 1 aliphatic heterocycles. The molecule has 8 heteroatoms. The molecular weight excluding hydrogens is 384 g/mol. The van der Waals surface area contributed by atoms with Gasteiger partial charge in [-0.15, -0.1) is 0 Å². The first-order chi connectivity index (χ1) is 14.6. The van der Waals surface area contributed by atoms with Gasteiger partial charge < -0.3 is 19.4 Å². The molecule has 0 unspecified atom stereocenters. The third kappa shape index (κ3) is 5.61. The van der Waals surface area contributed by atoms with Crippen molar-refractivity contribution >= 4 is 11.8 Å². The van der Waals surface area contributed by atoms with Crippen LogP contribution < -0.4 is 10.1 Å². The van der Waals surface area contributed by atoms with Gasteiger partial charge in [-0.3, -0.25) is 14.5 Å². The fourth-order valence-corrected chi connectivity index (χ4v) is 3.19. The lowest BCUT2D eigenvalue weighted by molar-refractivity contribution is -0.122. The predicted octanol–water partition coefficient (Wildman–Crippen LogP) is 2.01. The van der Waals surface area contributed by atoms with Crippen LogP contribution in [0.3, 0.4) is 0 Å². The molecule has 0 bridgehead atoms. The summed E-state index contributed by atoms with van der Waals surface area (Å²) >= 11 is 0. The Balaban J connectivity index is 1.48. The molecule has 2 amide bonds. The third-order valence-corrected chi connectivity index (χ3v) is 4.85. The van der Waals surface area contributed by atoms with Gasteiger partial charge in [0.1, 0.15) is 24.2 Å². The number of furan rings is 1. The summed E-state index contributed by atoms with van der Waals surface area (Å²) in [4.78, 5) is 28.3. The van der Waals surface area contributed by atoms with E-state index in [1.165, 1.54) is 0 Å². The van der Waals surface area contributed by atoms with Crippen molar-refractivity contribution in [3.8, 4) is 11.8 Å².